The summed E-state index contributed by atoms with van der Waals surface area (Å²) < 4.78 is 4.66. The molecule has 0 N–H and O–H groups in total. The SMILES string of the molecule is C[C-]=CCOC.[V]. The summed E-state index contributed by atoms with van der Waals surface area (Å²) in [6, 6.07) is 0. The predicted octanol–water partition coefficient (Wildman–Crippen LogP) is 1.01. The van der Waals surface area contributed by atoms with E-state index < -0.39 is 0 Å². The molecule has 7 heavy (non-hydrogen) atoms. The van der Waals surface area contributed by atoms with Crippen molar-refractivity contribution in [2.45, 2.75) is 6.92 Å². The van der Waals surface area contributed by atoms with E-state index in [9.17, 15) is 0 Å². The minimum absolute atomic E-state index is 0. The molecule has 0 spiro atoms. The van der Waals surface area contributed by atoms with Gasteiger partial charge < -0.3 is 10.8 Å². The fourth-order valence-corrected chi connectivity index (χ4v) is 0.167. The molecule has 0 heterocycles. The molecule has 1 nitrogen and oxygen atoms in total. The zero-order valence-electron chi connectivity index (χ0n) is 4.64. The summed E-state index contributed by atoms with van der Waals surface area (Å²) in [6.45, 7) is 2.52. The molecule has 0 aliphatic rings. The zero-order chi connectivity index (χ0) is 4.83. The van der Waals surface area contributed by atoms with Crippen LogP contribution in [0.3, 0.4) is 0 Å². The van der Waals surface area contributed by atoms with Crippen LogP contribution in [-0.4, -0.2) is 13.7 Å². The quantitative estimate of drug-likeness (QED) is 0.515. The van der Waals surface area contributed by atoms with Gasteiger partial charge in [-0.2, -0.15) is 6.92 Å². The van der Waals surface area contributed by atoms with Crippen molar-refractivity contribution in [2.75, 3.05) is 13.7 Å². The summed E-state index contributed by atoms with van der Waals surface area (Å²) in [4.78, 5) is 0. The molecule has 0 aliphatic carbocycles. The molecule has 0 bridgehead atoms. The minimum atomic E-state index is 0. The van der Waals surface area contributed by atoms with Crippen LogP contribution in [-0.2, 0) is 23.3 Å². The van der Waals surface area contributed by atoms with Crippen molar-refractivity contribution >= 4 is 0 Å². The van der Waals surface area contributed by atoms with Gasteiger partial charge in [-0.3, -0.25) is 0 Å². The van der Waals surface area contributed by atoms with E-state index in [4.69, 9.17) is 0 Å². The molecular formula is C5H9OV-. The number of hydrogen-bond donors (Lipinski definition) is 0. The van der Waals surface area contributed by atoms with Crippen molar-refractivity contribution in [3.05, 3.63) is 12.2 Å². The number of rotatable bonds is 2. The first-order chi connectivity index (χ1) is 2.91. The molecule has 0 atom stereocenters. The van der Waals surface area contributed by atoms with Crippen molar-refractivity contribution in [1.82, 2.24) is 0 Å². The van der Waals surface area contributed by atoms with Crippen LogP contribution in [0.4, 0.5) is 0 Å². The first kappa shape index (κ1) is 10.3. The fraction of sp³-hybridized carbons (Fsp3) is 0.600. The summed E-state index contributed by atoms with van der Waals surface area (Å²) >= 11 is 0. The van der Waals surface area contributed by atoms with Crippen LogP contribution in [0.2, 0.25) is 0 Å². The van der Waals surface area contributed by atoms with E-state index in [0.29, 0.717) is 6.61 Å². The van der Waals surface area contributed by atoms with Crippen molar-refractivity contribution in [1.29, 1.82) is 0 Å². The third-order valence-electron chi connectivity index (χ3n) is 0.454. The van der Waals surface area contributed by atoms with E-state index in [2.05, 4.69) is 10.8 Å². The Labute approximate surface area is 56.6 Å². The van der Waals surface area contributed by atoms with Gasteiger partial charge in [0.05, 0.1) is 0 Å². The molecule has 0 aromatic carbocycles. The Balaban J connectivity index is 0. The van der Waals surface area contributed by atoms with Gasteiger partial charge >= 0.3 is 0 Å². The molecule has 0 aliphatic heterocycles. The van der Waals surface area contributed by atoms with Gasteiger partial charge in [-0.15, -0.1) is 0 Å². The first-order valence-electron chi connectivity index (χ1n) is 1.89. The largest absolute Gasteiger partial charge is 0.502 e. The van der Waals surface area contributed by atoms with E-state index in [1.165, 1.54) is 0 Å². The maximum absolute atomic E-state index is 4.66. The van der Waals surface area contributed by atoms with E-state index in [1.54, 1.807) is 7.11 Å². The number of ether oxygens (including phenoxy) is 1. The van der Waals surface area contributed by atoms with Crippen molar-refractivity contribution in [2.24, 2.45) is 0 Å². The second-order valence-corrected chi connectivity index (χ2v) is 0.948. The Morgan fingerprint density at radius 1 is 1.71 bits per heavy atom. The second kappa shape index (κ2) is 9.56. The van der Waals surface area contributed by atoms with Gasteiger partial charge in [0.25, 0.3) is 0 Å². The first-order valence-corrected chi connectivity index (χ1v) is 1.89. The molecule has 0 aromatic rings. The van der Waals surface area contributed by atoms with Crippen LogP contribution < -0.4 is 0 Å². The topological polar surface area (TPSA) is 9.23 Å². The van der Waals surface area contributed by atoms with Crippen LogP contribution >= 0.6 is 0 Å². The predicted molar refractivity (Wildman–Crippen MR) is 25.4 cm³/mol. The minimum Gasteiger partial charge on any atom is -0.502 e. The van der Waals surface area contributed by atoms with Gasteiger partial charge in [0, 0.05) is 32.3 Å². The molecule has 0 unspecified atom stereocenters. The molecule has 41 valence electrons. The Kier molecular flexibility index (Phi) is 14.1. The molecule has 0 fully saturated rings. The van der Waals surface area contributed by atoms with Gasteiger partial charge in [-0.05, 0) is 0 Å². The average molecular weight is 136 g/mol. The zero-order valence-corrected chi connectivity index (χ0v) is 6.04. The number of hydrogen-bond acceptors (Lipinski definition) is 1. The molecule has 0 saturated carbocycles. The average Bonchev–Trinajstić information content (AvgIpc) is 1.61. The number of allylic oxidation sites excluding steroid dienone is 1. The van der Waals surface area contributed by atoms with Crippen LogP contribution in [0.15, 0.2) is 6.08 Å². The van der Waals surface area contributed by atoms with Gasteiger partial charge in [-0.1, -0.05) is 0 Å². The van der Waals surface area contributed by atoms with Crippen LogP contribution in [0.25, 0.3) is 0 Å². The summed E-state index contributed by atoms with van der Waals surface area (Å²) in [7, 11) is 1.66. The van der Waals surface area contributed by atoms with Crippen LogP contribution in [0.5, 0.6) is 0 Å². The van der Waals surface area contributed by atoms with Crippen LogP contribution in [0, 0.1) is 6.08 Å². The summed E-state index contributed by atoms with van der Waals surface area (Å²) in [5.74, 6) is 0. The van der Waals surface area contributed by atoms with E-state index in [1.807, 2.05) is 13.0 Å². The van der Waals surface area contributed by atoms with E-state index in [0.717, 1.165) is 0 Å². The Morgan fingerprint density at radius 2 is 2.29 bits per heavy atom. The monoisotopic (exact) mass is 136 g/mol. The number of methoxy groups -OCH3 is 1. The molecule has 0 aromatic heterocycles. The fourth-order valence-electron chi connectivity index (χ4n) is 0.167. The maximum Gasteiger partial charge on any atom is 0.0357 e. The van der Waals surface area contributed by atoms with Crippen molar-refractivity contribution < 1.29 is 23.3 Å². The van der Waals surface area contributed by atoms with E-state index >= 15 is 0 Å². The third kappa shape index (κ3) is 10.7. The van der Waals surface area contributed by atoms with Crippen molar-refractivity contribution in [3.63, 3.8) is 0 Å². The Hall–Kier alpha value is 0.284. The molecular weight excluding hydrogens is 127 g/mol. The summed E-state index contributed by atoms with van der Waals surface area (Å²) in [5.41, 5.74) is 0. The van der Waals surface area contributed by atoms with E-state index in [-0.39, 0.29) is 18.6 Å². The van der Waals surface area contributed by atoms with Crippen molar-refractivity contribution in [3.8, 4) is 0 Å². The molecule has 1 radical (unpaired) electrons. The molecule has 2 heteroatoms. The Morgan fingerprint density at radius 3 is 2.43 bits per heavy atom. The van der Waals surface area contributed by atoms with Gasteiger partial charge in [0.15, 0.2) is 0 Å². The Bertz CT molecular complexity index is 43.3. The van der Waals surface area contributed by atoms with Gasteiger partial charge in [0.2, 0.25) is 0 Å². The van der Waals surface area contributed by atoms with Crippen LogP contribution in [0.1, 0.15) is 6.92 Å². The summed E-state index contributed by atoms with van der Waals surface area (Å²) in [6.07, 6.45) is 4.65. The van der Waals surface area contributed by atoms with Gasteiger partial charge in [0.1, 0.15) is 0 Å². The molecule has 0 saturated heterocycles. The summed E-state index contributed by atoms with van der Waals surface area (Å²) in [5, 5.41) is 0. The molecule has 0 amide bonds. The standard InChI is InChI=1S/C5H9O.V/c1-3-4-5-6-2;/h4H,5H2,1-2H3;/q-1;. The normalized spacial score (nSPS) is 8.86. The third-order valence-corrected chi connectivity index (χ3v) is 0.454. The second-order valence-electron chi connectivity index (χ2n) is 0.948. The smallest absolute Gasteiger partial charge is 0.0357 e. The van der Waals surface area contributed by atoms with Gasteiger partial charge in [-0.25, -0.2) is 6.08 Å². The molecule has 0 rings (SSSR count). The maximum atomic E-state index is 4.66.